The molecule has 1 heterocycles. The Balaban J connectivity index is 2.86. The van der Waals surface area contributed by atoms with Crippen LogP contribution in [-0.2, 0) is 0 Å². The molecule has 1 aromatic carbocycles. The summed E-state index contributed by atoms with van der Waals surface area (Å²) in [6.45, 7) is 1.70. The molecule has 0 saturated carbocycles. The first-order valence-electron chi connectivity index (χ1n) is 4.79. The summed E-state index contributed by atoms with van der Waals surface area (Å²) >= 11 is 0. The highest BCUT2D eigenvalue weighted by molar-refractivity contribution is 8.23. The molecule has 0 radical (unpaired) electrons. The first kappa shape index (κ1) is 11.9. The van der Waals surface area contributed by atoms with Crippen molar-refractivity contribution in [2.75, 3.05) is 6.26 Å². The second kappa shape index (κ2) is 3.73. The number of fused-ring (bicyclic) bond motifs is 1. The van der Waals surface area contributed by atoms with Gasteiger partial charge in [-0.25, -0.2) is 0 Å². The third kappa shape index (κ3) is 2.12. The average Bonchev–Trinajstić information content (AvgIpc) is 2.18. The van der Waals surface area contributed by atoms with Crippen molar-refractivity contribution in [2.45, 2.75) is 11.8 Å². The minimum absolute atomic E-state index is 0.354. The maximum absolute atomic E-state index is 11.2. The minimum Gasteiger partial charge on any atom is -0.316 e. The SMILES string of the molecule is Cc1cc2[nH]c(=O)c(=O)[nH]c2cc1S(C)(O)O. The van der Waals surface area contributed by atoms with Crippen molar-refractivity contribution in [1.82, 2.24) is 9.97 Å². The molecule has 2 rings (SSSR count). The molecule has 0 unspecified atom stereocenters. The van der Waals surface area contributed by atoms with Crippen LogP contribution in [0.5, 0.6) is 0 Å². The number of hydrogen-bond donors (Lipinski definition) is 4. The third-order valence-electron chi connectivity index (χ3n) is 2.43. The maximum atomic E-state index is 11.2. The zero-order chi connectivity index (χ0) is 12.8. The predicted octanol–water partition coefficient (Wildman–Crippen LogP) is 1.26. The van der Waals surface area contributed by atoms with Crippen LogP contribution in [0.25, 0.3) is 11.0 Å². The maximum Gasteiger partial charge on any atom is 0.314 e. The zero-order valence-corrected chi connectivity index (χ0v) is 10.1. The van der Waals surface area contributed by atoms with Gasteiger partial charge in [-0.3, -0.25) is 18.7 Å². The number of aromatic amines is 2. The monoisotopic (exact) mass is 256 g/mol. The molecule has 0 atom stereocenters. The van der Waals surface area contributed by atoms with Crippen LogP contribution in [0.3, 0.4) is 0 Å². The van der Waals surface area contributed by atoms with Gasteiger partial charge in [0.1, 0.15) is 0 Å². The zero-order valence-electron chi connectivity index (χ0n) is 9.27. The van der Waals surface area contributed by atoms with Crippen molar-refractivity contribution < 1.29 is 9.11 Å². The van der Waals surface area contributed by atoms with Crippen molar-refractivity contribution in [1.29, 1.82) is 0 Å². The van der Waals surface area contributed by atoms with Crippen LogP contribution >= 0.6 is 10.6 Å². The normalized spacial score (nSPS) is 12.9. The lowest BCUT2D eigenvalue weighted by atomic mass is 10.2. The highest BCUT2D eigenvalue weighted by Crippen LogP contribution is 2.46. The lowest BCUT2D eigenvalue weighted by Crippen LogP contribution is -2.29. The molecule has 0 fully saturated rings. The molecule has 6 nitrogen and oxygen atoms in total. The van der Waals surface area contributed by atoms with Gasteiger partial charge in [0.2, 0.25) is 0 Å². The number of hydrogen-bond acceptors (Lipinski definition) is 4. The molecule has 1 aromatic heterocycles. The summed E-state index contributed by atoms with van der Waals surface area (Å²) in [5, 5.41) is 0. The summed E-state index contributed by atoms with van der Waals surface area (Å²) in [5.74, 6) is 0. The summed E-state index contributed by atoms with van der Waals surface area (Å²) in [6, 6.07) is 3.07. The van der Waals surface area contributed by atoms with Crippen LogP contribution in [0.4, 0.5) is 0 Å². The van der Waals surface area contributed by atoms with E-state index in [-0.39, 0.29) is 0 Å². The van der Waals surface area contributed by atoms with E-state index in [1.165, 1.54) is 12.3 Å². The fraction of sp³-hybridized carbons (Fsp3) is 0.200. The lowest BCUT2D eigenvalue weighted by Gasteiger charge is -2.28. The number of benzene rings is 1. The summed E-state index contributed by atoms with van der Waals surface area (Å²) in [4.78, 5) is 27.5. The van der Waals surface area contributed by atoms with E-state index in [9.17, 15) is 18.7 Å². The molecule has 2 aromatic rings. The quantitative estimate of drug-likeness (QED) is 0.576. The molecule has 0 spiro atoms. The van der Waals surface area contributed by atoms with E-state index in [1.807, 2.05) is 0 Å². The van der Waals surface area contributed by atoms with Crippen LogP contribution in [0.15, 0.2) is 26.6 Å². The van der Waals surface area contributed by atoms with E-state index >= 15 is 0 Å². The fourth-order valence-electron chi connectivity index (χ4n) is 1.67. The van der Waals surface area contributed by atoms with Gasteiger partial charge < -0.3 is 9.97 Å². The summed E-state index contributed by atoms with van der Waals surface area (Å²) < 4.78 is 19.3. The van der Waals surface area contributed by atoms with Gasteiger partial charge in [0.15, 0.2) is 0 Å². The minimum atomic E-state index is -2.86. The third-order valence-corrected chi connectivity index (χ3v) is 3.71. The second-order valence-corrected chi connectivity index (χ2v) is 6.01. The largest absolute Gasteiger partial charge is 0.316 e. The molecule has 7 heteroatoms. The van der Waals surface area contributed by atoms with Gasteiger partial charge in [0.05, 0.1) is 15.9 Å². The molecule has 0 aliphatic carbocycles. The van der Waals surface area contributed by atoms with E-state index in [2.05, 4.69) is 9.97 Å². The van der Waals surface area contributed by atoms with E-state index in [1.54, 1.807) is 13.0 Å². The Morgan fingerprint density at radius 3 is 2.00 bits per heavy atom. The lowest BCUT2D eigenvalue weighted by molar-refractivity contribution is 0.494. The van der Waals surface area contributed by atoms with Gasteiger partial charge >= 0.3 is 11.1 Å². The molecule has 0 bridgehead atoms. The Morgan fingerprint density at radius 1 is 1.06 bits per heavy atom. The molecule has 0 saturated heterocycles. The van der Waals surface area contributed by atoms with Crippen LogP contribution in [0.2, 0.25) is 0 Å². The Hall–Kier alpha value is -1.57. The Morgan fingerprint density at radius 2 is 1.53 bits per heavy atom. The van der Waals surface area contributed by atoms with Crippen molar-refractivity contribution in [3.63, 3.8) is 0 Å². The highest BCUT2D eigenvalue weighted by atomic mass is 32.3. The number of rotatable bonds is 1. The average molecular weight is 256 g/mol. The Bertz CT molecular complexity index is 696. The van der Waals surface area contributed by atoms with Crippen LogP contribution in [0.1, 0.15) is 5.56 Å². The molecule has 17 heavy (non-hydrogen) atoms. The van der Waals surface area contributed by atoms with Crippen molar-refractivity contribution in [3.05, 3.63) is 38.4 Å². The summed E-state index contributed by atoms with van der Waals surface area (Å²) in [6.07, 6.45) is 1.31. The van der Waals surface area contributed by atoms with Crippen molar-refractivity contribution >= 4 is 21.6 Å². The number of H-pyrrole nitrogens is 2. The molecular formula is C10H12N2O4S. The number of nitrogens with one attached hydrogen (secondary N) is 2. The molecule has 0 aliphatic heterocycles. The van der Waals surface area contributed by atoms with Crippen molar-refractivity contribution in [3.8, 4) is 0 Å². The van der Waals surface area contributed by atoms with Crippen LogP contribution < -0.4 is 11.1 Å². The van der Waals surface area contributed by atoms with E-state index in [4.69, 9.17) is 0 Å². The molecule has 0 amide bonds. The van der Waals surface area contributed by atoms with Gasteiger partial charge in [0.25, 0.3) is 0 Å². The van der Waals surface area contributed by atoms with Gasteiger partial charge in [-0.1, -0.05) is 0 Å². The number of aromatic nitrogens is 2. The van der Waals surface area contributed by atoms with Gasteiger partial charge in [-0.2, -0.15) is 10.6 Å². The van der Waals surface area contributed by atoms with E-state index in [0.717, 1.165) is 0 Å². The van der Waals surface area contributed by atoms with E-state index in [0.29, 0.717) is 21.5 Å². The summed E-state index contributed by atoms with van der Waals surface area (Å²) in [7, 11) is -2.86. The second-order valence-electron chi connectivity index (χ2n) is 3.91. The molecule has 4 N–H and O–H groups in total. The fourth-order valence-corrected chi connectivity index (χ4v) is 2.68. The number of aryl methyl sites for hydroxylation is 1. The smallest absolute Gasteiger partial charge is 0.314 e. The molecule has 0 aliphatic rings. The molecule has 92 valence electrons. The van der Waals surface area contributed by atoms with Crippen LogP contribution in [-0.4, -0.2) is 25.3 Å². The van der Waals surface area contributed by atoms with Crippen molar-refractivity contribution in [2.24, 2.45) is 0 Å². The van der Waals surface area contributed by atoms with Crippen LogP contribution in [0, 0.1) is 6.92 Å². The van der Waals surface area contributed by atoms with E-state index < -0.39 is 21.7 Å². The summed E-state index contributed by atoms with van der Waals surface area (Å²) in [5.41, 5.74) is -0.0214. The van der Waals surface area contributed by atoms with Gasteiger partial charge in [-0.05, 0) is 24.6 Å². The standard InChI is InChI=1S/C10H12N2O4S/c1-5-3-6-7(4-8(5)17(2,15)16)12-10(14)9(13)11-6/h3-4,15-16H,1-2H3,(H,11,13)(H,12,14). The molecular weight excluding hydrogens is 244 g/mol. The first-order valence-corrected chi connectivity index (χ1v) is 6.75. The topological polar surface area (TPSA) is 106 Å². The Labute approximate surface area is 97.7 Å². The predicted molar refractivity (Wildman–Crippen MR) is 67.0 cm³/mol. The Kier molecular flexibility index (Phi) is 2.61. The van der Waals surface area contributed by atoms with Gasteiger partial charge in [-0.15, -0.1) is 0 Å². The first-order chi connectivity index (χ1) is 7.79. The van der Waals surface area contributed by atoms with Gasteiger partial charge in [0, 0.05) is 6.26 Å². The highest BCUT2D eigenvalue weighted by Gasteiger charge is 2.13.